The fraction of sp³-hybridized carbons (Fsp3) is 0.747. The van der Waals surface area contributed by atoms with Crippen molar-refractivity contribution in [1.29, 1.82) is 0 Å². The molecule has 36 nitrogen and oxygen atoms in total. The number of azide groups is 1. The molecule has 0 spiro atoms. The average molecular weight is 1870 g/mol. The van der Waals surface area contributed by atoms with Crippen LogP contribution >= 0.6 is 0 Å². The molecular formula is C95H162N6O30. The Morgan fingerprint density at radius 3 is 0.878 bits per heavy atom. The summed E-state index contributed by atoms with van der Waals surface area (Å²) >= 11 is 0. The number of hydrogen-bond donors (Lipinski definition) is 11. The van der Waals surface area contributed by atoms with Crippen LogP contribution in [-0.4, -0.2) is 317 Å². The van der Waals surface area contributed by atoms with Crippen LogP contribution in [0.2, 0.25) is 0 Å². The lowest BCUT2D eigenvalue weighted by molar-refractivity contribution is -0.175. The maximum Gasteiger partial charge on any atom is 0.308 e. The first kappa shape index (κ1) is 127. The molecule has 3 fully saturated rings. The smallest absolute Gasteiger partial charge is 0.308 e. The summed E-state index contributed by atoms with van der Waals surface area (Å²) in [5, 5.41) is 109. The number of piperazine rings is 1. The van der Waals surface area contributed by atoms with Crippen LogP contribution in [0, 0.1) is 38.4 Å². The van der Waals surface area contributed by atoms with E-state index in [1.807, 2.05) is 38.2 Å². The van der Waals surface area contributed by atoms with Gasteiger partial charge in [-0.05, 0) is 24.8 Å². The largest absolute Gasteiger partial charge is 0.469 e. The summed E-state index contributed by atoms with van der Waals surface area (Å²) < 4.78 is 38.2. The van der Waals surface area contributed by atoms with Gasteiger partial charge in [0.2, 0.25) is 0 Å². The number of ether oxygens (including phenoxy) is 8. The number of esters is 6. The van der Waals surface area contributed by atoms with E-state index in [4.69, 9.17) is 15.0 Å². The van der Waals surface area contributed by atoms with Crippen LogP contribution in [0.3, 0.4) is 0 Å². The van der Waals surface area contributed by atoms with Crippen molar-refractivity contribution in [3.8, 4) is 0 Å². The van der Waals surface area contributed by atoms with Crippen LogP contribution in [0.5, 0.6) is 0 Å². The highest BCUT2D eigenvalue weighted by atomic mass is 16.5. The zero-order valence-electron chi connectivity index (χ0n) is 83.0. The lowest BCUT2D eigenvalue weighted by atomic mass is 9.77. The molecule has 0 aromatic heterocycles. The third-order valence-corrected chi connectivity index (χ3v) is 20.8. The van der Waals surface area contributed by atoms with Crippen LogP contribution < -0.4 is 5.32 Å². The summed E-state index contributed by atoms with van der Waals surface area (Å²) in [6.07, 6.45) is 15.8. The SMILES string of the molecule is CC/C=C/CC(O)(CC(=O)OC)C(=O)C(C)(C)C.CC/C=C/CC(O)(CC(=O)OC)C(=O)C(C)(C)C.COC(=O)CC(O)(C/C=C/CN1CCNCC1)C(=O)C(C)(C)C.COC(=O)CC(O)(C/C=C/CN1CCOCC1)C(=O)C(C)(C)C.COC(=O)CC(O)(C/C=C/CN=[N+]=[N-])C(=O)C(C)(C)C.COC(=O)CC(O)(C/C=C/COC1CC(CO)C(O)C(O)C1O)C(=O)C(C)(C)C. The first-order chi connectivity index (χ1) is 60.3. The van der Waals surface area contributed by atoms with Crippen molar-refractivity contribution in [1.82, 2.24) is 15.1 Å². The lowest BCUT2D eigenvalue weighted by Crippen LogP contribution is -2.55. The van der Waals surface area contributed by atoms with E-state index in [0.29, 0.717) is 0 Å². The van der Waals surface area contributed by atoms with Crippen molar-refractivity contribution in [3.05, 3.63) is 83.4 Å². The Kier molecular flexibility index (Phi) is 58.6. The third kappa shape index (κ3) is 49.2. The zero-order valence-corrected chi connectivity index (χ0v) is 83.0. The number of methoxy groups -OCH3 is 6. The summed E-state index contributed by atoms with van der Waals surface area (Å²) in [6, 6.07) is 0. The van der Waals surface area contributed by atoms with E-state index in [1.165, 1.54) is 67.0 Å². The molecule has 0 aromatic rings. The first-order valence-electron chi connectivity index (χ1n) is 44.2. The Labute approximate surface area is 776 Å². The van der Waals surface area contributed by atoms with Gasteiger partial charge in [0, 0.05) is 147 Å². The van der Waals surface area contributed by atoms with Crippen LogP contribution in [-0.2, 0) is 95.4 Å². The lowest BCUT2D eigenvalue weighted by Gasteiger charge is -2.39. The normalized spacial score (nSPS) is 20.0. The van der Waals surface area contributed by atoms with Gasteiger partial charge in [0.25, 0.3) is 0 Å². The predicted molar refractivity (Wildman–Crippen MR) is 493 cm³/mol. The number of carbonyl (C=O) groups is 12. The fourth-order valence-corrected chi connectivity index (χ4v) is 13.7. The average Bonchev–Trinajstić information content (AvgIpc) is 0.837. The number of carbonyl (C=O) groups excluding carboxylic acids is 12. The molecule has 11 unspecified atom stereocenters. The van der Waals surface area contributed by atoms with E-state index >= 15 is 0 Å². The zero-order chi connectivity index (χ0) is 102. The maximum atomic E-state index is 12.6. The molecule has 11 N–H and O–H groups in total. The van der Waals surface area contributed by atoms with Crippen molar-refractivity contribution in [2.24, 2.45) is 43.5 Å². The standard InChI is InChI=1S/C20H34O9.C17H30N2O4.C17H29NO5.2C14H24O4.C13H21N3O4/c1-19(2,3)18(26)20(27,10-14(22)28-4)7-5-6-8-29-13-9-12(11-21)15(23)17(25)16(13)24;1-16(2,3)15(21)17(22,13-14(20)23-4)7-5-6-10-19-11-8-18-9-12-19;1-16(2,3)15(20)17(21,13-14(19)22-4)7-5-6-8-18-9-11-23-12-10-18;2*1-6-7-8-9-14(17,10-11(15)18-5)12(16)13(2,3)4;1-12(2,3)11(18)13(19,9-10(17)20-4)7-5-6-8-15-16-14/h5-6,12-13,15-17,21,23-25,27H,7-11H2,1-4H3;5-6,18,22H,7-13H2,1-4H3;5-6,21H,7-13H2,1-4H3;2*7-8,17H,6,9-10H2,1-5H3;5-6,19H,7-9H2,1-4H3/b3*6-5+;2*8-7+;6-5+. The third-order valence-electron chi connectivity index (χ3n) is 20.8. The van der Waals surface area contributed by atoms with E-state index in [-0.39, 0.29) is 114 Å². The first-order valence-corrected chi connectivity index (χ1v) is 44.2. The fourth-order valence-electron chi connectivity index (χ4n) is 13.7. The van der Waals surface area contributed by atoms with Gasteiger partial charge in [-0.2, -0.15) is 0 Å². The van der Waals surface area contributed by atoms with Gasteiger partial charge >= 0.3 is 35.8 Å². The summed E-state index contributed by atoms with van der Waals surface area (Å²) in [5.41, 5.74) is -6.95. The highest BCUT2D eigenvalue weighted by molar-refractivity contribution is 5.98. The molecule has 752 valence electrons. The molecule has 0 amide bonds. The van der Waals surface area contributed by atoms with Gasteiger partial charge in [0.1, 0.15) is 45.8 Å². The topological polar surface area (TPSA) is 548 Å². The van der Waals surface area contributed by atoms with Gasteiger partial charge in [-0.25, -0.2) is 0 Å². The van der Waals surface area contributed by atoms with Gasteiger partial charge in [0.05, 0.1) is 113 Å². The number of rotatable bonds is 42. The van der Waals surface area contributed by atoms with E-state index in [9.17, 15) is 109 Å². The van der Waals surface area contributed by atoms with E-state index < -0.39 is 157 Å². The second-order valence-corrected chi connectivity index (χ2v) is 39.0. The highest BCUT2D eigenvalue weighted by Crippen LogP contribution is 2.36. The van der Waals surface area contributed by atoms with E-state index in [2.05, 4.69) is 53.6 Å². The molecular weight excluding hydrogens is 1710 g/mol. The molecule has 11 atom stereocenters. The second-order valence-electron chi connectivity index (χ2n) is 39.0. The second kappa shape index (κ2) is 60.4. The van der Waals surface area contributed by atoms with Crippen molar-refractivity contribution in [2.45, 2.75) is 293 Å². The highest BCUT2D eigenvalue weighted by Gasteiger charge is 2.50. The van der Waals surface area contributed by atoms with Gasteiger partial charge in [-0.1, -0.05) is 217 Å². The molecule has 0 aromatic carbocycles. The van der Waals surface area contributed by atoms with Crippen molar-refractivity contribution >= 4 is 70.5 Å². The summed E-state index contributed by atoms with van der Waals surface area (Å²) in [7, 11) is 7.36. The summed E-state index contributed by atoms with van der Waals surface area (Å²) in [6.45, 7) is 43.0. The van der Waals surface area contributed by atoms with Crippen LogP contribution in [0.4, 0.5) is 0 Å². The Hall–Kier alpha value is -8.01. The van der Waals surface area contributed by atoms with Crippen molar-refractivity contribution in [2.75, 3.05) is 128 Å². The van der Waals surface area contributed by atoms with Gasteiger partial charge in [0.15, 0.2) is 34.7 Å². The number of allylic oxidation sites excluding steroid dienone is 2. The predicted octanol–water partition coefficient (Wildman–Crippen LogP) is 7.90. The number of aliphatic hydroxyl groups excluding tert-OH is 4. The van der Waals surface area contributed by atoms with Gasteiger partial charge in [-0.3, -0.25) is 67.3 Å². The van der Waals surface area contributed by atoms with Crippen LogP contribution in [0.25, 0.3) is 10.4 Å². The number of nitrogens with one attached hydrogen (secondary N) is 1. The molecule has 1 aliphatic carbocycles. The molecule has 3 rings (SSSR count). The van der Waals surface area contributed by atoms with Crippen LogP contribution in [0.1, 0.15) is 235 Å². The molecule has 0 radical (unpaired) electrons. The van der Waals surface area contributed by atoms with E-state index in [1.54, 1.807) is 149 Å². The molecule has 2 aliphatic heterocycles. The Balaban J connectivity index is -0.00000151. The number of Topliss-reactive ketones (excluding diaryl/α,β-unsaturated/α-hetero) is 6. The Morgan fingerprint density at radius 1 is 0.382 bits per heavy atom. The van der Waals surface area contributed by atoms with Gasteiger partial charge < -0.3 is 94.3 Å². The minimum atomic E-state index is -1.92. The van der Waals surface area contributed by atoms with Crippen molar-refractivity contribution in [3.63, 3.8) is 0 Å². The molecule has 0 bridgehead atoms. The van der Waals surface area contributed by atoms with Crippen molar-refractivity contribution < 1.29 is 146 Å². The minimum absolute atomic E-state index is 0.000697. The molecule has 2 heterocycles. The summed E-state index contributed by atoms with van der Waals surface area (Å²) in [5.74, 6) is -6.65. The van der Waals surface area contributed by atoms with E-state index in [0.717, 1.165) is 78.4 Å². The Morgan fingerprint density at radius 2 is 0.634 bits per heavy atom. The molecule has 1 saturated carbocycles. The molecule has 131 heavy (non-hydrogen) atoms. The number of morpholine rings is 1. The summed E-state index contributed by atoms with van der Waals surface area (Å²) in [4.78, 5) is 150. The maximum absolute atomic E-state index is 12.6. The number of aliphatic hydroxyl groups is 10. The minimum Gasteiger partial charge on any atom is -0.469 e. The molecule has 2 saturated heterocycles. The number of nitrogens with zero attached hydrogens (tertiary/aromatic N) is 5. The Bertz CT molecular complexity index is 3630. The number of ketones is 6. The molecule has 36 heteroatoms. The number of hydrogen-bond acceptors (Lipinski definition) is 34. The van der Waals surface area contributed by atoms with Crippen LogP contribution in [0.15, 0.2) is 78.0 Å². The quantitative estimate of drug-likeness (QED) is 0.00690. The monoisotopic (exact) mass is 1870 g/mol. The van der Waals surface area contributed by atoms with Gasteiger partial charge in [-0.15, -0.1) is 0 Å². The molecule has 3 aliphatic rings.